The number of carbonyl (C=O) groups excluding carboxylic acids is 1. The van der Waals surface area contributed by atoms with E-state index in [1.54, 1.807) is 12.4 Å². The summed E-state index contributed by atoms with van der Waals surface area (Å²) in [5.74, 6) is 1.55. The first-order chi connectivity index (χ1) is 13.8. The molecule has 3 heterocycles. The number of piperazine rings is 1. The number of pyridine rings is 1. The molecule has 8 heteroatoms. The average molecular weight is 377 g/mol. The van der Waals surface area contributed by atoms with Crippen LogP contribution >= 0.6 is 0 Å². The molecule has 1 saturated heterocycles. The highest BCUT2D eigenvalue weighted by Gasteiger charge is 2.23. The number of benzene rings is 1. The number of hydrogen-bond acceptors (Lipinski definition) is 6. The normalized spacial score (nSPS) is 14.3. The topological polar surface area (TPSA) is 100 Å². The second kappa shape index (κ2) is 8.18. The number of nitrogens with two attached hydrogens (primary N) is 1. The van der Waals surface area contributed by atoms with Crippen LogP contribution in [0.15, 0.2) is 48.8 Å². The molecular formula is C20H23N7O. The lowest BCUT2D eigenvalue weighted by Gasteiger charge is -2.35. The maximum absolute atomic E-state index is 12.2. The summed E-state index contributed by atoms with van der Waals surface area (Å²) in [6.07, 6.45) is 3.51. The van der Waals surface area contributed by atoms with Crippen molar-refractivity contribution in [1.29, 1.82) is 0 Å². The van der Waals surface area contributed by atoms with Crippen molar-refractivity contribution < 1.29 is 4.79 Å². The van der Waals surface area contributed by atoms with Gasteiger partial charge < -0.3 is 20.9 Å². The number of amides is 2. The smallest absolute Gasteiger partial charge is 0.317 e. The van der Waals surface area contributed by atoms with Gasteiger partial charge in [-0.1, -0.05) is 12.1 Å². The quantitative estimate of drug-likeness (QED) is 0.714. The van der Waals surface area contributed by atoms with Crippen LogP contribution in [0.2, 0.25) is 0 Å². The Morgan fingerprint density at radius 1 is 1.07 bits per heavy atom. The lowest BCUT2D eigenvalue weighted by atomic mass is 10.2. The zero-order chi connectivity index (χ0) is 19.3. The van der Waals surface area contributed by atoms with Crippen LogP contribution in [0.3, 0.4) is 0 Å². The van der Waals surface area contributed by atoms with Gasteiger partial charge >= 0.3 is 6.03 Å². The van der Waals surface area contributed by atoms with Gasteiger partial charge in [0.1, 0.15) is 5.82 Å². The minimum absolute atomic E-state index is 0.0614. The van der Waals surface area contributed by atoms with E-state index in [-0.39, 0.29) is 6.03 Å². The Bertz CT molecular complexity index is 955. The lowest BCUT2D eigenvalue weighted by molar-refractivity contribution is 0.194. The maximum atomic E-state index is 12.2. The Balaban J connectivity index is 1.61. The van der Waals surface area contributed by atoms with E-state index >= 15 is 0 Å². The summed E-state index contributed by atoms with van der Waals surface area (Å²) in [5.41, 5.74) is 7.24. The number of hydrogen-bond donors (Lipinski definition) is 2. The van der Waals surface area contributed by atoms with E-state index in [0.717, 1.165) is 22.3 Å². The van der Waals surface area contributed by atoms with Crippen molar-refractivity contribution in [1.82, 2.24) is 25.2 Å². The predicted octanol–water partition coefficient (Wildman–Crippen LogP) is 1.48. The summed E-state index contributed by atoms with van der Waals surface area (Å²) >= 11 is 0. The number of nitrogens with zero attached hydrogens (tertiary/aromatic N) is 5. The van der Waals surface area contributed by atoms with Crippen LogP contribution in [0.4, 0.5) is 10.6 Å². The molecule has 28 heavy (non-hydrogen) atoms. The molecule has 1 fully saturated rings. The van der Waals surface area contributed by atoms with Gasteiger partial charge in [-0.05, 0) is 24.3 Å². The van der Waals surface area contributed by atoms with Crippen LogP contribution in [0.25, 0.3) is 22.3 Å². The summed E-state index contributed by atoms with van der Waals surface area (Å²) in [6.45, 7) is 3.63. The summed E-state index contributed by atoms with van der Waals surface area (Å²) < 4.78 is 0. The molecule has 3 N–H and O–H groups in total. The number of para-hydroxylation sites is 1. The minimum Gasteiger partial charge on any atom is -0.352 e. The third-order valence-electron chi connectivity index (χ3n) is 4.79. The highest BCUT2D eigenvalue weighted by atomic mass is 16.2. The van der Waals surface area contributed by atoms with E-state index < -0.39 is 0 Å². The number of anilines is 1. The van der Waals surface area contributed by atoms with Crippen molar-refractivity contribution in [2.45, 2.75) is 0 Å². The highest BCUT2D eigenvalue weighted by molar-refractivity contribution is 5.91. The molecule has 2 aromatic heterocycles. The van der Waals surface area contributed by atoms with Crippen LogP contribution in [0.1, 0.15) is 0 Å². The number of aromatic nitrogens is 3. The van der Waals surface area contributed by atoms with E-state index in [0.29, 0.717) is 45.1 Å². The fourth-order valence-corrected chi connectivity index (χ4v) is 3.34. The van der Waals surface area contributed by atoms with Crippen molar-refractivity contribution in [3.63, 3.8) is 0 Å². The van der Waals surface area contributed by atoms with Gasteiger partial charge in [-0.2, -0.15) is 0 Å². The minimum atomic E-state index is -0.0614. The van der Waals surface area contributed by atoms with Gasteiger partial charge in [0, 0.05) is 62.6 Å². The van der Waals surface area contributed by atoms with Crippen molar-refractivity contribution in [3.8, 4) is 11.4 Å². The molecule has 2 amide bonds. The molecule has 1 aliphatic rings. The monoisotopic (exact) mass is 377 g/mol. The van der Waals surface area contributed by atoms with Crippen molar-refractivity contribution in [2.24, 2.45) is 5.73 Å². The van der Waals surface area contributed by atoms with Crippen molar-refractivity contribution in [2.75, 3.05) is 44.2 Å². The predicted molar refractivity (Wildman–Crippen MR) is 109 cm³/mol. The first-order valence-corrected chi connectivity index (χ1v) is 9.41. The first-order valence-electron chi connectivity index (χ1n) is 9.41. The Labute approximate surface area is 163 Å². The molecule has 3 aromatic rings. The molecule has 0 spiro atoms. The number of fused-ring (bicyclic) bond motifs is 1. The van der Waals surface area contributed by atoms with Crippen LogP contribution in [0.5, 0.6) is 0 Å². The molecule has 1 aliphatic heterocycles. The summed E-state index contributed by atoms with van der Waals surface area (Å²) in [5, 5.41) is 3.84. The zero-order valence-corrected chi connectivity index (χ0v) is 15.6. The number of carbonyl (C=O) groups is 1. The Hall–Kier alpha value is -3.26. The summed E-state index contributed by atoms with van der Waals surface area (Å²) in [4.78, 5) is 29.9. The zero-order valence-electron chi connectivity index (χ0n) is 15.6. The van der Waals surface area contributed by atoms with Gasteiger partial charge in [0.15, 0.2) is 5.82 Å². The van der Waals surface area contributed by atoms with Gasteiger partial charge in [0.2, 0.25) is 0 Å². The number of nitrogens with one attached hydrogen (secondary N) is 1. The third-order valence-corrected chi connectivity index (χ3v) is 4.79. The van der Waals surface area contributed by atoms with Crippen molar-refractivity contribution >= 4 is 22.8 Å². The summed E-state index contributed by atoms with van der Waals surface area (Å²) in [6, 6.07) is 11.8. The molecule has 144 valence electrons. The average Bonchev–Trinajstić information content (AvgIpc) is 2.77. The fourth-order valence-electron chi connectivity index (χ4n) is 3.34. The third kappa shape index (κ3) is 3.72. The first kappa shape index (κ1) is 18.1. The molecule has 0 unspecified atom stereocenters. The van der Waals surface area contributed by atoms with E-state index in [4.69, 9.17) is 15.7 Å². The molecule has 1 aromatic carbocycles. The number of rotatable bonds is 4. The largest absolute Gasteiger partial charge is 0.352 e. The molecule has 0 radical (unpaired) electrons. The second-order valence-electron chi connectivity index (χ2n) is 6.62. The van der Waals surface area contributed by atoms with Gasteiger partial charge in [-0.25, -0.2) is 14.8 Å². The van der Waals surface area contributed by atoms with E-state index in [1.165, 1.54) is 0 Å². The van der Waals surface area contributed by atoms with Crippen LogP contribution in [0, 0.1) is 0 Å². The van der Waals surface area contributed by atoms with Gasteiger partial charge in [-0.15, -0.1) is 0 Å². The van der Waals surface area contributed by atoms with Gasteiger partial charge in [0.05, 0.1) is 5.52 Å². The van der Waals surface area contributed by atoms with E-state index in [1.807, 2.05) is 41.3 Å². The van der Waals surface area contributed by atoms with Crippen molar-refractivity contribution in [3.05, 3.63) is 48.8 Å². The Morgan fingerprint density at radius 2 is 1.89 bits per heavy atom. The standard InChI is InChI=1S/C20H23N7O/c21-7-9-23-20(28)27-12-10-26(11-13-27)19-16-5-1-2-6-17(16)24-18(25-19)15-4-3-8-22-14-15/h1-6,8,14H,7,9-13,21H2,(H,23,28). The fraction of sp³-hybridized carbons (Fsp3) is 0.300. The van der Waals surface area contributed by atoms with Crippen LogP contribution in [-0.2, 0) is 0 Å². The van der Waals surface area contributed by atoms with Gasteiger partial charge in [0.25, 0.3) is 0 Å². The Kier molecular flexibility index (Phi) is 5.29. The lowest BCUT2D eigenvalue weighted by Crippen LogP contribution is -2.52. The van der Waals surface area contributed by atoms with Crippen LogP contribution in [-0.4, -0.2) is 65.2 Å². The molecule has 0 saturated carbocycles. The second-order valence-corrected chi connectivity index (χ2v) is 6.62. The maximum Gasteiger partial charge on any atom is 0.317 e. The van der Waals surface area contributed by atoms with E-state index in [2.05, 4.69) is 15.2 Å². The molecule has 8 nitrogen and oxygen atoms in total. The highest BCUT2D eigenvalue weighted by Crippen LogP contribution is 2.28. The SMILES string of the molecule is NCCNC(=O)N1CCN(c2nc(-c3cccnc3)nc3ccccc23)CC1. The number of urea groups is 1. The molecular weight excluding hydrogens is 354 g/mol. The molecule has 0 bridgehead atoms. The Morgan fingerprint density at radius 3 is 2.64 bits per heavy atom. The molecule has 0 aliphatic carbocycles. The summed E-state index contributed by atoms with van der Waals surface area (Å²) in [7, 11) is 0. The van der Waals surface area contributed by atoms with Gasteiger partial charge in [-0.3, -0.25) is 4.98 Å². The molecule has 4 rings (SSSR count). The molecule has 0 atom stereocenters. The van der Waals surface area contributed by atoms with E-state index in [9.17, 15) is 4.79 Å². The van der Waals surface area contributed by atoms with Crippen LogP contribution < -0.4 is 16.0 Å².